The molecule has 3 heterocycles. The zero-order valence-corrected chi connectivity index (χ0v) is 10.8. The van der Waals surface area contributed by atoms with Crippen LogP contribution in [0.15, 0.2) is 41.3 Å². The van der Waals surface area contributed by atoms with Gasteiger partial charge in [0.05, 0.1) is 24.5 Å². The molecule has 0 atom stereocenters. The average molecular weight is 267 g/mol. The van der Waals surface area contributed by atoms with Gasteiger partial charge in [-0.3, -0.25) is 4.79 Å². The molecule has 0 unspecified atom stereocenters. The first-order valence-corrected chi connectivity index (χ1v) is 6.60. The third-order valence-electron chi connectivity index (χ3n) is 3.66. The summed E-state index contributed by atoms with van der Waals surface area (Å²) in [6.45, 7) is 1.22. The van der Waals surface area contributed by atoms with Crippen molar-refractivity contribution in [2.24, 2.45) is 0 Å². The van der Waals surface area contributed by atoms with Crippen LogP contribution < -0.4 is 5.56 Å². The molecule has 5 heteroatoms. The molecule has 0 radical (unpaired) electrons. The van der Waals surface area contributed by atoms with Crippen molar-refractivity contribution in [3.63, 3.8) is 0 Å². The molecule has 0 saturated heterocycles. The van der Waals surface area contributed by atoms with Gasteiger partial charge in [0.2, 0.25) is 0 Å². The molecule has 0 saturated carbocycles. The summed E-state index contributed by atoms with van der Waals surface area (Å²) in [5, 5.41) is 4.50. The quantitative estimate of drug-likeness (QED) is 0.730. The lowest BCUT2D eigenvalue weighted by molar-refractivity contribution is 0.109. The summed E-state index contributed by atoms with van der Waals surface area (Å²) in [5.41, 5.74) is 4.14. The second kappa shape index (κ2) is 4.31. The lowest BCUT2D eigenvalue weighted by Gasteiger charge is -2.17. The number of benzene rings is 1. The van der Waals surface area contributed by atoms with Crippen LogP contribution in [0.1, 0.15) is 11.3 Å². The molecule has 3 aliphatic rings. The molecule has 100 valence electrons. The minimum atomic E-state index is -0.101. The number of hydrogen-bond donors (Lipinski definition) is 1. The summed E-state index contributed by atoms with van der Waals surface area (Å²) in [4.78, 5) is 15.7. The Hall–Kier alpha value is -2.40. The van der Waals surface area contributed by atoms with Crippen LogP contribution in [0, 0.1) is 0 Å². The second-order valence-corrected chi connectivity index (χ2v) is 4.86. The third kappa shape index (κ3) is 1.60. The highest BCUT2D eigenvalue weighted by Crippen LogP contribution is 2.26. The number of aromatic amines is 1. The van der Waals surface area contributed by atoms with Gasteiger partial charge in [-0.2, -0.15) is 9.78 Å². The maximum absolute atomic E-state index is 12.5. The Bertz CT molecular complexity index is 789. The zero-order valence-electron chi connectivity index (χ0n) is 10.8. The lowest BCUT2D eigenvalue weighted by Crippen LogP contribution is -2.15. The van der Waals surface area contributed by atoms with E-state index in [0.717, 1.165) is 29.1 Å². The van der Waals surface area contributed by atoms with E-state index in [1.807, 2.05) is 30.3 Å². The van der Waals surface area contributed by atoms with Gasteiger partial charge in [-0.25, -0.2) is 0 Å². The van der Waals surface area contributed by atoms with E-state index >= 15 is 0 Å². The third-order valence-corrected chi connectivity index (χ3v) is 3.66. The van der Waals surface area contributed by atoms with Gasteiger partial charge in [-0.05, 0) is 12.1 Å². The second-order valence-electron chi connectivity index (χ2n) is 4.86. The minimum Gasteiger partial charge on any atom is -0.376 e. The predicted molar refractivity (Wildman–Crippen MR) is 74.2 cm³/mol. The van der Waals surface area contributed by atoms with Crippen LogP contribution in [-0.4, -0.2) is 21.4 Å². The highest BCUT2D eigenvalue weighted by molar-refractivity contribution is 5.65. The van der Waals surface area contributed by atoms with Crippen molar-refractivity contribution < 1.29 is 4.74 Å². The topological polar surface area (TPSA) is 59.9 Å². The van der Waals surface area contributed by atoms with E-state index in [9.17, 15) is 4.79 Å². The number of para-hydroxylation sites is 1. The number of ether oxygens (including phenoxy) is 1. The number of nitrogens with zero attached hydrogens (tertiary/aromatic N) is 2. The summed E-state index contributed by atoms with van der Waals surface area (Å²) in [7, 11) is 0. The predicted octanol–water partition coefficient (Wildman–Crippen LogP) is 1.74. The van der Waals surface area contributed by atoms with Crippen molar-refractivity contribution in [2.45, 2.75) is 13.0 Å². The summed E-state index contributed by atoms with van der Waals surface area (Å²) in [5.74, 6) is 0. The van der Waals surface area contributed by atoms with Gasteiger partial charge in [0, 0.05) is 23.9 Å². The number of fused-ring (bicyclic) bond motifs is 3. The molecule has 0 spiro atoms. The number of nitrogens with one attached hydrogen (secondary N) is 1. The lowest BCUT2D eigenvalue weighted by atomic mass is 10.0. The summed E-state index contributed by atoms with van der Waals surface area (Å²) < 4.78 is 6.94. The van der Waals surface area contributed by atoms with Gasteiger partial charge in [0.25, 0.3) is 5.56 Å². The number of pyridine rings is 1. The maximum atomic E-state index is 12.5. The molecule has 0 aromatic heterocycles. The molecule has 0 amide bonds. The van der Waals surface area contributed by atoms with E-state index in [1.54, 1.807) is 6.20 Å². The standard InChI is InChI=1S/C15H13N3O2/c19-15-11-8-16-13-6-7-20-9-12(13)14(11)17-18(15)10-4-2-1-3-5-10/h1-5,8,16H,6-7,9H2. The fourth-order valence-corrected chi connectivity index (χ4v) is 2.63. The SMILES string of the molecule is O=c1c2c[nH]c3c(c-2nn1-c1ccccc1)COCC3. The molecule has 1 aromatic rings. The highest BCUT2D eigenvalue weighted by atomic mass is 16.5. The van der Waals surface area contributed by atoms with E-state index in [2.05, 4.69) is 10.1 Å². The zero-order chi connectivity index (χ0) is 13.5. The van der Waals surface area contributed by atoms with E-state index < -0.39 is 0 Å². The Kier molecular flexibility index (Phi) is 2.47. The van der Waals surface area contributed by atoms with Crippen LogP contribution in [0.3, 0.4) is 0 Å². The van der Waals surface area contributed by atoms with E-state index in [1.165, 1.54) is 4.68 Å². The van der Waals surface area contributed by atoms with Gasteiger partial charge in [0.1, 0.15) is 5.69 Å². The van der Waals surface area contributed by atoms with Crippen LogP contribution in [0.25, 0.3) is 16.9 Å². The fourth-order valence-electron chi connectivity index (χ4n) is 2.63. The Balaban J connectivity index is 1.99. The van der Waals surface area contributed by atoms with Gasteiger partial charge in [-0.15, -0.1) is 0 Å². The monoisotopic (exact) mass is 267 g/mol. The molecule has 0 bridgehead atoms. The largest absolute Gasteiger partial charge is 0.376 e. The molecular formula is C15H13N3O2. The Morgan fingerprint density at radius 3 is 2.95 bits per heavy atom. The van der Waals surface area contributed by atoms with Crippen molar-refractivity contribution in [1.82, 2.24) is 14.8 Å². The molecule has 1 aromatic carbocycles. The number of aromatic nitrogens is 3. The average Bonchev–Trinajstić information content (AvgIpc) is 2.86. The summed E-state index contributed by atoms with van der Waals surface area (Å²) in [6, 6.07) is 9.46. The molecular weight excluding hydrogens is 254 g/mol. The maximum Gasteiger partial charge on any atom is 0.282 e. The van der Waals surface area contributed by atoms with Gasteiger partial charge < -0.3 is 9.72 Å². The normalized spacial score (nSPS) is 14.4. The molecule has 20 heavy (non-hydrogen) atoms. The first kappa shape index (κ1) is 11.4. The van der Waals surface area contributed by atoms with Crippen LogP contribution in [0.5, 0.6) is 0 Å². The van der Waals surface area contributed by atoms with Gasteiger partial charge >= 0.3 is 0 Å². The van der Waals surface area contributed by atoms with Gasteiger partial charge in [-0.1, -0.05) is 18.2 Å². The first-order chi connectivity index (χ1) is 9.84. The Morgan fingerprint density at radius 2 is 2.10 bits per heavy atom. The molecule has 5 nitrogen and oxygen atoms in total. The number of rotatable bonds is 1. The van der Waals surface area contributed by atoms with Crippen molar-refractivity contribution in [1.29, 1.82) is 0 Å². The number of hydrogen-bond acceptors (Lipinski definition) is 3. The van der Waals surface area contributed by atoms with E-state index in [4.69, 9.17) is 4.74 Å². The molecule has 0 fully saturated rings. The van der Waals surface area contributed by atoms with Crippen molar-refractivity contribution in [2.75, 3.05) is 6.61 Å². The van der Waals surface area contributed by atoms with Crippen LogP contribution in [-0.2, 0) is 17.8 Å². The Labute approximate surface area is 115 Å². The summed E-state index contributed by atoms with van der Waals surface area (Å²) >= 11 is 0. The minimum absolute atomic E-state index is 0.101. The van der Waals surface area contributed by atoms with Crippen LogP contribution in [0.2, 0.25) is 0 Å². The van der Waals surface area contributed by atoms with Gasteiger partial charge in [0.15, 0.2) is 0 Å². The molecule has 3 aliphatic heterocycles. The van der Waals surface area contributed by atoms with Crippen LogP contribution >= 0.6 is 0 Å². The smallest absolute Gasteiger partial charge is 0.282 e. The highest BCUT2D eigenvalue weighted by Gasteiger charge is 2.23. The first-order valence-electron chi connectivity index (χ1n) is 6.60. The Morgan fingerprint density at radius 1 is 1.25 bits per heavy atom. The summed E-state index contributed by atoms with van der Waals surface area (Å²) in [6.07, 6.45) is 2.59. The van der Waals surface area contributed by atoms with Crippen molar-refractivity contribution >= 4 is 0 Å². The molecule has 0 aliphatic carbocycles. The van der Waals surface area contributed by atoms with Crippen molar-refractivity contribution in [3.8, 4) is 16.9 Å². The van der Waals surface area contributed by atoms with E-state index in [0.29, 0.717) is 18.8 Å². The van der Waals surface area contributed by atoms with Crippen LogP contribution in [0.4, 0.5) is 0 Å². The van der Waals surface area contributed by atoms with E-state index in [-0.39, 0.29) is 5.56 Å². The fraction of sp³-hybridized carbons (Fsp3) is 0.200. The molecule has 4 rings (SSSR count). The number of H-pyrrole nitrogens is 1. The van der Waals surface area contributed by atoms with Crippen molar-refractivity contribution in [3.05, 3.63) is 58.1 Å². The molecule has 1 N–H and O–H groups in total.